The lowest BCUT2D eigenvalue weighted by atomic mass is 9.81. The fraction of sp³-hybridized carbons (Fsp3) is 0.333. The molecule has 28 heavy (non-hydrogen) atoms. The zero-order valence-electron chi connectivity index (χ0n) is 15.6. The van der Waals surface area contributed by atoms with E-state index in [1.165, 1.54) is 23.1 Å². The van der Waals surface area contributed by atoms with Crippen molar-refractivity contribution in [2.75, 3.05) is 5.32 Å². The standard InChI is InChI=1S/C21H22F2N4O/c1-13-6-14(19-4-2-3-5-20(19)28)8-17(7-13)25-21-24-12-27(26-21)18-10-15(22)9-16(23)11-18/h6-12,19-20,28H,2-5H2,1H3,(H,25,26). The van der Waals surface area contributed by atoms with Gasteiger partial charge in [0, 0.05) is 17.7 Å². The van der Waals surface area contributed by atoms with Crippen LogP contribution in [0.2, 0.25) is 0 Å². The molecule has 0 spiro atoms. The molecule has 1 saturated carbocycles. The molecule has 1 aromatic heterocycles. The summed E-state index contributed by atoms with van der Waals surface area (Å²) in [6, 6.07) is 9.28. The molecular formula is C21H22F2N4O. The van der Waals surface area contributed by atoms with Gasteiger partial charge in [0.15, 0.2) is 0 Å². The summed E-state index contributed by atoms with van der Waals surface area (Å²) < 4.78 is 28.2. The van der Waals surface area contributed by atoms with Crippen LogP contribution in [0.25, 0.3) is 5.69 Å². The number of nitrogens with one attached hydrogen (secondary N) is 1. The number of benzene rings is 2. The van der Waals surface area contributed by atoms with Crippen molar-refractivity contribution in [3.05, 3.63) is 65.5 Å². The van der Waals surface area contributed by atoms with Gasteiger partial charge in [0.05, 0.1) is 11.8 Å². The quantitative estimate of drug-likeness (QED) is 0.689. The van der Waals surface area contributed by atoms with E-state index in [-0.39, 0.29) is 17.7 Å². The van der Waals surface area contributed by atoms with E-state index in [2.05, 4.69) is 21.5 Å². The monoisotopic (exact) mass is 384 g/mol. The molecule has 3 aromatic rings. The number of nitrogens with zero attached hydrogens (tertiary/aromatic N) is 3. The third kappa shape index (κ3) is 4.04. The van der Waals surface area contributed by atoms with Crippen LogP contribution in [0.3, 0.4) is 0 Å². The van der Waals surface area contributed by atoms with Crippen LogP contribution in [0, 0.1) is 18.6 Å². The highest BCUT2D eigenvalue weighted by molar-refractivity contribution is 5.56. The lowest BCUT2D eigenvalue weighted by molar-refractivity contribution is 0.106. The number of halogens is 2. The van der Waals surface area contributed by atoms with E-state index in [4.69, 9.17) is 0 Å². The Morgan fingerprint density at radius 3 is 2.54 bits per heavy atom. The Bertz CT molecular complexity index is 968. The first kappa shape index (κ1) is 18.6. The van der Waals surface area contributed by atoms with Gasteiger partial charge in [-0.05, 0) is 55.2 Å². The number of anilines is 2. The van der Waals surface area contributed by atoms with Gasteiger partial charge in [0.2, 0.25) is 5.95 Å². The predicted octanol–water partition coefficient (Wildman–Crippen LogP) is 4.62. The highest BCUT2D eigenvalue weighted by Crippen LogP contribution is 2.35. The second-order valence-corrected chi connectivity index (χ2v) is 7.36. The molecule has 1 heterocycles. The van der Waals surface area contributed by atoms with Crippen LogP contribution < -0.4 is 5.32 Å². The van der Waals surface area contributed by atoms with Gasteiger partial charge in [0.1, 0.15) is 18.0 Å². The van der Waals surface area contributed by atoms with Gasteiger partial charge in [-0.3, -0.25) is 0 Å². The zero-order chi connectivity index (χ0) is 19.7. The summed E-state index contributed by atoms with van der Waals surface area (Å²) in [7, 11) is 0. The topological polar surface area (TPSA) is 63.0 Å². The summed E-state index contributed by atoms with van der Waals surface area (Å²) in [5.74, 6) is -0.885. The molecule has 1 fully saturated rings. The van der Waals surface area contributed by atoms with Crippen LogP contribution in [0.1, 0.15) is 42.7 Å². The Kier molecular flexibility index (Phi) is 5.09. The molecular weight excluding hydrogens is 362 g/mol. The fourth-order valence-corrected chi connectivity index (χ4v) is 3.84. The minimum Gasteiger partial charge on any atom is -0.392 e. The average molecular weight is 384 g/mol. The lowest BCUT2D eigenvalue weighted by Crippen LogP contribution is -2.22. The van der Waals surface area contributed by atoms with Gasteiger partial charge >= 0.3 is 0 Å². The van der Waals surface area contributed by atoms with Gasteiger partial charge in [-0.25, -0.2) is 13.5 Å². The molecule has 1 aliphatic carbocycles. The van der Waals surface area contributed by atoms with Gasteiger partial charge in [-0.15, -0.1) is 5.10 Å². The molecule has 1 aliphatic rings. The van der Waals surface area contributed by atoms with E-state index in [0.717, 1.165) is 48.6 Å². The molecule has 0 amide bonds. The van der Waals surface area contributed by atoms with Gasteiger partial charge in [0.25, 0.3) is 0 Å². The summed E-state index contributed by atoms with van der Waals surface area (Å²) in [6.45, 7) is 2.01. The maximum atomic E-state index is 13.4. The van der Waals surface area contributed by atoms with Crippen LogP contribution in [0.15, 0.2) is 42.7 Å². The molecule has 0 radical (unpaired) electrons. The van der Waals surface area contributed by atoms with Crippen molar-refractivity contribution < 1.29 is 13.9 Å². The SMILES string of the molecule is Cc1cc(Nc2ncn(-c3cc(F)cc(F)c3)n2)cc(C2CCCCC2O)c1. The van der Waals surface area contributed by atoms with Gasteiger partial charge < -0.3 is 10.4 Å². The van der Waals surface area contributed by atoms with E-state index in [0.29, 0.717) is 5.95 Å². The maximum Gasteiger partial charge on any atom is 0.246 e. The predicted molar refractivity (Wildman–Crippen MR) is 103 cm³/mol. The van der Waals surface area contributed by atoms with Crippen molar-refractivity contribution in [1.82, 2.24) is 14.8 Å². The number of aliphatic hydroxyl groups is 1. The van der Waals surface area contributed by atoms with Crippen LogP contribution in [0.4, 0.5) is 20.4 Å². The number of aromatic nitrogens is 3. The third-order valence-corrected chi connectivity index (χ3v) is 5.12. The molecule has 0 aliphatic heterocycles. The number of aliphatic hydroxyl groups excluding tert-OH is 1. The molecule has 2 aromatic carbocycles. The maximum absolute atomic E-state index is 13.4. The smallest absolute Gasteiger partial charge is 0.246 e. The van der Waals surface area contributed by atoms with E-state index in [1.807, 2.05) is 19.1 Å². The van der Waals surface area contributed by atoms with Crippen LogP contribution in [-0.4, -0.2) is 26.0 Å². The van der Waals surface area contributed by atoms with Crippen LogP contribution in [-0.2, 0) is 0 Å². The van der Waals surface area contributed by atoms with E-state index in [9.17, 15) is 13.9 Å². The second kappa shape index (κ2) is 7.67. The third-order valence-electron chi connectivity index (χ3n) is 5.12. The van der Waals surface area contributed by atoms with Crippen molar-refractivity contribution in [2.24, 2.45) is 0 Å². The van der Waals surface area contributed by atoms with Crippen molar-refractivity contribution in [1.29, 1.82) is 0 Å². The molecule has 2 unspecified atom stereocenters. The number of hydrogen-bond donors (Lipinski definition) is 2. The summed E-state index contributed by atoms with van der Waals surface area (Å²) in [6.07, 6.45) is 5.08. The largest absolute Gasteiger partial charge is 0.392 e. The average Bonchev–Trinajstić information content (AvgIpc) is 3.09. The number of rotatable bonds is 4. The van der Waals surface area contributed by atoms with E-state index < -0.39 is 11.6 Å². The summed E-state index contributed by atoms with van der Waals surface area (Å²) >= 11 is 0. The molecule has 2 N–H and O–H groups in total. The van der Waals surface area contributed by atoms with Gasteiger partial charge in [-0.1, -0.05) is 18.9 Å². The second-order valence-electron chi connectivity index (χ2n) is 7.36. The zero-order valence-corrected chi connectivity index (χ0v) is 15.6. The fourth-order valence-electron chi connectivity index (χ4n) is 3.84. The molecule has 4 rings (SSSR count). The molecule has 0 saturated heterocycles. The number of aryl methyl sites for hydroxylation is 1. The minimum absolute atomic E-state index is 0.134. The highest BCUT2D eigenvalue weighted by atomic mass is 19.1. The first-order chi connectivity index (χ1) is 13.5. The van der Waals surface area contributed by atoms with E-state index in [1.54, 1.807) is 0 Å². The van der Waals surface area contributed by atoms with Crippen LogP contribution >= 0.6 is 0 Å². The Balaban J connectivity index is 1.57. The van der Waals surface area contributed by atoms with Crippen molar-refractivity contribution in [2.45, 2.75) is 44.6 Å². The van der Waals surface area contributed by atoms with Crippen molar-refractivity contribution >= 4 is 11.6 Å². The Morgan fingerprint density at radius 1 is 1.04 bits per heavy atom. The summed E-state index contributed by atoms with van der Waals surface area (Å²) in [5, 5.41) is 17.8. The Labute approximate surface area is 162 Å². The first-order valence-electron chi connectivity index (χ1n) is 9.43. The highest BCUT2D eigenvalue weighted by Gasteiger charge is 2.25. The normalized spacial score (nSPS) is 19.6. The first-order valence-corrected chi connectivity index (χ1v) is 9.43. The summed E-state index contributed by atoms with van der Waals surface area (Å²) in [5.41, 5.74) is 3.25. The minimum atomic E-state index is -0.672. The van der Waals surface area contributed by atoms with Crippen molar-refractivity contribution in [3.63, 3.8) is 0 Å². The number of hydrogen-bond acceptors (Lipinski definition) is 4. The summed E-state index contributed by atoms with van der Waals surface area (Å²) in [4.78, 5) is 4.18. The van der Waals surface area contributed by atoms with Crippen LogP contribution in [0.5, 0.6) is 0 Å². The van der Waals surface area contributed by atoms with Crippen molar-refractivity contribution in [3.8, 4) is 5.69 Å². The molecule has 0 bridgehead atoms. The molecule has 146 valence electrons. The molecule has 2 atom stereocenters. The molecule has 5 nitrogen and oxygen atoms in total. The Hall–Kier alpha value is -2.80. The van der Waals surface area contributed by atoms with Gasteiger partial charge in [-0.2, -0.15) is 4.98 Å². The van der Waals surface area contributed by atoms with E-state index >= 15 is 0 Å². The molecule has 7 heteroatoms. The Morgan fingerprint density at radius 2 is 1.79 bits per heavy atom. The lowest BCUT2D eigenvalue weighted by Gasteiger charge is -2.28.